The number of anilines is 1. The number of rotatable bonds is 12. The first-order valence-corrected chi connectivity index (χ1v) is 14.4. The van der Waals surface area contributed by atoms with Crippen molar-refractivity contribution in [3.63, 3.8) is 0 Å². The zero-order valence-electron chi connectivity index (χ0n) is 22.6. The molecule has 0 aliphatic carbocycles. The summed E-state index contributed by atoms with van der Waals surface area (Å²) >= 11 is 0. The minimum absolute atomic E-state index is 0.0615. The highest BCUT2D eigenvalue weighted by molar-refractivity contribution is 7.92. The summed E-state index contributed by atoms with van der Waals surface area (Å²) in [5, 5.41) is 2.86. The number of sulfonamides is 1. The molecule has 2 amide bonds. The number of hydrogen-bond donors (Lipinski definition) is 1. The van der Waals surface area contributed by atoms with Crippen molar-refractivity contribution >= 4 is 27.5 Å². The minimum Gasteiger partial charge on any atom is -0.497 e. The maximum absolute atomic E-state index is 13.4. The van der Waals surface area contributed by atoms with Gasteiger partial charge in [-0.15, -0.1) is 0 Å². The van der Waals surface area contributed by atoms with Crippen LogP contribution in [0, 0.1) is 0 Å². The van der Waals surface area contributed by atoms with Gasteiger partial charge >= 0.3 is 0 Å². The van der Waals surface area contributed by atoms with Crippen LogP contribution in [0.15, 0.2) is 42.5 Å². The second kappa shape index (κ2) is 12.9. The molecule has 1 atom stereocenters. The van der Waals surface area contributed by atoms with Crippen LogP contribution >= 0.6 is 0 Å². The first kappa shape index (κ1) is 29.1. The van der Waals surface area contributed by atoms with Crippen molar-refractivity contribution in [3.05, 3.63) is 48.0 Å². The third-order valence-corrected chi connectivity index (χ3v) is 7.27. The predicted molar refractivity (Wildman–Crippen MR) is 145 cm³/mol. The quantitative estimate of drug-likeness (QED) is 0.435. The van der Waals surface area contributed by atoms with Crippen LogP contribution in [0.2, 0.25) is 0 Å². The van der Waals surface area contributed by atoms with E-state index in [1.807, 2.05) is 26.0 Å². The molecule has 1 aliphatic rings. The van der Waals surface area contributed by atoms with Gasteiger partial charge in [0.1, 0.15) is 25.0 Å². The van der Waals surface area contributed by atoms with Crippen LogP contribution < -0.4 is 23.8 Å². The lowest BCUT2D eigenvalue weighted by Gasteiger charge is -2.30. The van der Waals surface area contributed by atoms with Gasteiger partial charge in [0.2, 0.25) is 21.8 Å². The maximum atomic E-state index is 13.4. The van der Waals surface area contributed by atoms with Crippen LogP contribution in [0.25, 0.3) is 0 Å². The summed E-state index contributed by atoms with van der Waals surface area (Å²) in [4.78, 5) is 27.7. The number of amides is 2. The Bertz CT molecular complexity index is 1220. The monoisotopic (exact) mass is 547 g/mol. The molecule has 0 unspecified atom stereocenters. The molecule has 1 N–H and O–H groups in total. The van der Waals surface area contributed by atoms with E-state index in [9.17, 15) is 18.0 Å². The number of hydrogen-bond acceptors (Lipinski definition) is 7. The SMILES string of the molecule is COc1ccc(CN(C(=O)CCCN(c2ccc3c(c2)OCCO3)S(C)(=O)=O)[C@H](C)C(=O)NC(C)C)cc1. The summed E-state index contributed by atoms with van der Waals surface area (Å²) in [7, 11) is -2.05. The smallest absolute Gasteiger partial charge is 0.242 e. The van der Waals surface area contributed by atoms with Crippen molar-refractivity contribution < 1.29 is 32.2 Å². The summed E-state index contributed by atoms with van der Waals surface area (Å²) in [6.07, 6.45) is 1.45. The molecular formula is C27H37N3O7S. The Balaban J connectivity index is 1.73. The number of carbonyl (C=O) groups excluding carboxylic acids is 2. The van der Waals surface area contributed by atoms with E-state index in [-0.39, 0.29) is 43.8 Å². The van der Waals surface area contributed by atoms with E-state index in [4.69, 9.17) is 14.2 Å². The van der Waals surface area contributed by atoms with Gasteiger partial charge in [-0.05, 0) is 57.0 Å². The van der Waals surface area contributed by atoms with Crippen molar-refractivity contribution in [2.45, 2.75) is 52.2 Å². The van der Waals surface area contributed by atoms with Gasteiger partial charge in [0, 0.05) is 31.6 Å². The first-order chi connectivity index (χ1) is 18.0. The Morgan fingerprint density at radius 2 is 1.68 bits per heavy atom. The lowest BCUT2D eigenvalue weighted by Crippen LogP contribution is -2.49. The lowest BCUT2D eigenvalue weighted by atomic mass is 10.1. The Kier molecular flexibility index (Phi) is 9.84. The van der Waals surface area contributed by atoms with Gasteiger partial charge in [0.25, 0.3) is 0 Å². The molecular weight excluding hydrogens is 510 g/mol. The molecule has 10 nitrogen and oxygen atoms in total. The molecule has 0 spiro atoms. The summed E-state index contributed by atoms with van der Waals surface area (Å²) in [6, 6.07) is 11.5. The summed E-state index contributed by atoms with van der Waals surface area (Å²) in [5.74, 6) is 1.23. The summed E-state index contributed by atoms with van der Waals surface area (Å²) < 4.78 is 42.8. The molecule has 0 saturated heterocycles. The van der Waals surface area contributed by atoms with Crippen LogP contribution in [0.3, 0.4) is 0 Å². The van der Waals surface area contributed by atoms with Gasteiger partial charge in [0.05, 0.1) is 19.1 Å². The van der Waals surface area contributed by atoms with E-state index in [1.54, 1.807) is 44.4 Å². The Morgan fingerprint density at radius 1 is 1.03 bits per heavy atom. The molecule has 11 heteroatoms. The molecule has 0 radical (unpaired) electrons. The van der Waals surface area contributed by atoms with Crippen LogP contribution in [-0.2, 0) is 26.2 Å². The molecule has 0 aromatic heterocycles. The summed E-state index contributed by atoms with van der Waals surface area (Å²) in [6.45, 7) is 6.55. The number of ether oxygens (including phenoxy) is 3. The predicted octanol–water partition coefficient (Wildman–Crippen LogP) is 2.95. The number of carbonyl (C=O) groups is 2. The van der Waals surface area contributed by atoms with Crippen LogP contribution in [-0.4, -0.2) is 70.3 Å². The molecule has 38 heavy (non-hydrogen) atoms. The van der Waals surface area contributed by atoms with Gasteiger partial charge in [-0.3, -0.25) is 13.9 Å². The largest absolute Gasteiger partial charge is 0.497 e. The molecule has 0 fully saturated rings. The third kappa shape index (κ3) is 7.77. The highest BCUT2D eigenvalue weighted by Gasteiger charge is 2.27. The highest BCUT2D eigenvalue weighted by Crippen LogP contribution is 2.34. The number of methoxy groups -OCH3 is 1. The van der Waals surface area contributed by atoms with Gasteiger partial charge < -0.3 is 24.4 Å². The van der Waals surface area contributed by atoms with E-state index in [0.29, 0.717) is 36.1 Å². The molecule has 1 aliphatic heterocycles. The van der Waals surface area contributed by atoms with E-state index in [2.05, 4.69) is 5.32 Å². The zero-order chi connectivity index (χ0) is 27.9. The Morgan fingerprint density at radius 3 is 2.29 bits per heavy atom. The Labute approximate surface area is 224 Å². The maximum Gasteiger partial charge on any atom is 0.242 e. The van der Waals surface area contributed by atoms with Gasteiger partial charge in [-0.2, -0.15) is 0 Å². The van der Waals surface area contributed by atoms with E-state index >= 15 is 0 Å². The van der Waals surface area contributed by atoms with Crippen molar-refractivity contribution in [3.8, 4) is 17.2 Å². The fourth-order valence-electron chi connectivity index (χ4n) is 4.11. The fourth-order valence-corrected chi connectivity index (χ4v) is 5.06. The topological polar surface area (TPSA) is 114 Å². The number of fused-ring (bicyclic) bond motifs is 1. The Hall–Kier alpha value is -3.47. The third-order valence-electron chi connectivity index (χ3n) is 6.08. The van der Waals surface area contributed by atoms with E-state index in [1.165, 1.54) is 9.21 Å². The van der Waals surface area contributed by atoms with Crippen molar-refractivity contribution in [1.29, 1.82) is 0 Å². The average molecular weight is 548 g/mol. The second-order valence-corrected chi connectivity index (χ2v) is 11.4. The van der Waals surface area contributed by atoms with E-state index < -0.39 is 16.1 Å². The van der Waals surface area contributed by atoms with E-state index in [0.717, 1.165) is 11.8 Å². The van der Waals surface area contributed by atoms with Crippen molar-refractivity contribution in [2.75, 3.05) is 37.4 Å². The van der Waals surface area contributed by atoms with Gasteiger partial charge in [0.15, 0.2) is 11.5 Å². The number of benzene rings is 2. The van der Waals surface area contributed by atoms with Gasteiger partial charge in [-0.1, -0.05) is 12.1 Å². The minimum atomic E-state index is -3.63. The molecule has 0 saturated carbocycles. The molecule has 3 rings (SSSR count). The van der Waals surface area contributed by atoms with Crippen LogP contribution in [0.5, 0.6) is 17.2 Å². The molecule has 2 aromatic rings. The van der Waals surface area contributed by atoms with Crippen molar-refractivity contribution in [1.82, 2.24) is 10.2 Å². The molecule has 208 valence electrons. The standard InChI is InChI=1S/C27H37N3O7S/c1-19(2)28-27(32)20(3)29(18-21-8-11-23(35-4)12-9-21)26(31)7-6-14-30(38(5,33)34)22-10-13-24-25(17-22)37-16-15-36-24/h8-13,17,19-20H,6-7,14-16,18H2,1-5H3,(H,28,32)/t20-/m1/s1. The normalized spacial score (nSPS) is 13.5. The van der Waals surface area contributed by atoms with Crippen LogP contribution in [0.4, 0.5) is 5.69 Å². The summed E-state index contributed by atoms with van der Waals surface area (Å²) in [5.41, 5.74) is 1.28. The zero-order valence-corrected chi connectivity index (χ0v) is 23.4. The highest BCUT2D eigenvalue weighted by atomic mass is 32.2. The molecule has 1 heterocycles. The number of nitrogens with one attached hydrogen (secondary N) is 1. The molecule has 2 aromatic carbocycles. The van der Waals surface area contributed by atoms with Gasteiger partial charge in [-0.25, -0.2) is 8.42 Å². The first-order valence-electron chi connectivity index (χ1n) is 12.6. The molecule has 0 bridgehead atoms. The van der Waals surface area contributed by atoms with Crippen LogP contribution in [0.1, 0.15) is 39.2 Å². The van der Waals surface area contributed by atoms with Crippen molar-refractivity contribution in [2.24, 2.45) is 0 Å². The average Bonchev–Trinajstić information content (AvgIpc) is 2.88. The second-order valence-electron chi connectivity index (χ2n) is 9.48. The lowest BCUT2D eigenvalue weighted by molar-refractivity contribution is -0.140. The fraction of sp³-hybridized carbons (Fsp3) is 0.481. The number of nitrogens with zero attached hydrogens (tertiary/aromatic N) is 2.